The second-order valence-corrected chi connectivity index (χ2v) is 10.2. The van der Waals surface area contributed by atoms with Gasteiger partial charge in [-0.05, 0) is 56.9 Å². The Kier molecular flexibility index (Phi) is 6.15. The summed E-state index contributed by atoms with van der Waals surface area (Å²) in [6.07, 6.45) is 3.18. The van der Waals surface area contributed by atoms with E-state index >= 15 is 0 Å². The highest BCUT2D eigenvalue weighted by molar-refractivity contribution is 6.05. The lowest BCUT2D eigenvalue weighted by molar-refractivity contribution is -0.179. The van der Waals surface area contributed by atoms with Crippen LogP contribution in [0, 0.1) is 26.7 Å². The van der Waals surface area contributed by atoms with Crippen molar-refractivity contribution in [1.29, 1.82) is 0 Å². The van der Waals surface area contributed by atoms with Gasteiger partial charge in [-0.3, -0.25) is 14.4 Å². The molecule has 2 fully saturated rings. The number of hydrogen-bond donors (Lipinski definition) is 2. The number of nitrogens with two attached hydrogens (primary N) is 1. The van der Waals surface area contributed by atoms with Crippen LogP contribution < -0.4 is 10.7 Å². The van der Waals surface area contributed by atoms with Crippen LogP contribution in [0.5, 0.6) is 0 Å². The van der Waals surface area contributed by atoms with Gasteiger partial charge in [0, 0.05) is 18.7 Å². The molecule has 3 aromatic rings. The van der Waals surface area contributed by atoms with Gasteiger partial charge in [0.25, 0.3) is 5.91 Å². The Morgan fingerprint density at radius 3 is 2.38 bits per heavy atom. The minimum Gasteiger partial charge on any atom is -0.384 e. The molecule has 10 heteroatoms. The lowest BCUT2D eigenvalue weighted by atomic mass is 9.80. The third kappa shape index (κ3) is 4.21. The summed E-state index contributed by atoms with van der Waals surface area (Å²) in [6.45, 7) is 7.86. The maximum atomic E-state index is 14.1. The first-order chi connectivity index (χ1) is 17.6. The molecule has 1 unspecified atom stereocenters. The SMILES string of the molecule is CC[C@H](c1cc(C)cc(C)c1)N1C(=O)N2C(O)[C@H](Cc3cc(C)nc(N)c3)[C@H]2C(=O)N1c1cnn(C)c1. The Labute approximate surface area is 216 Å². The Bertz CT molecular complexity index is 1330. The molecule has 0 saturated carbocycles. The van der Waals surface area contributed by atoms with Gasteiger partial charge in [0.05, 0.1) is 18.4 Å². The number of amides is 3. The first kappa shape index (κ1) is 24.8. The molecule has 0 aliphatic carbocycles. The lowest BCUT2D eigenvalue weighted by Crippen LogP contribution is -2.79. The van der Waals surface area contributed by atoms with Crippen LogP contribution in [-0.2, 0) is 18.3 Å². The molecular formula is C27H33N7O3. The van der Waals surface area contributed by atoms with E-state index in [1.54, 1.807) is 30.2 Å². The molecule has 3 amide bonds. The summed E-state index contributed by atoms with van der Waals surface area (Å²) in [4.78, 5) is 33.7. The van der Waals surface area contributed by atoms with Crippen molar-refractivity contribution in [3.8, 4) is 0 Å². The van der Waals surface area contributed by atoms with Crippen molar-refractivity contribution in [2.24, 2.45) is 13.0 Å². The minimum absolute atomic E-state index is 0.274. The number of carbonyl (C=O) groups is 2. The first-order valence-corrected chi connectivity index (χ1v) is 12.5. The number of aliphatic hydroxyl groups excluding tert-OH is 1. The molecule has 3 N–H and O–H groups in total. The van der Waals surface area contributed by atoms with Crippen LogP contribution in [0.1, 0.15) is 47.3 Å². The summed E-state index contributed by atoms with van der Waals surface area (Å²) >= 11 is 0. The molecule has 2 saturated heterocycles. The Morgan fingerprint density at radius 1 is 1.08 bits per heavy atom. The lowest BCUT2D eigenvalue weighted by Gasteiger charge is -2.59. The fraction of sp³-hybridized carbons (Fsp3) is 0.407. The summed E-state index contributed by atoms with van der Waals surface area (Å²) in [6, 6.07) is 8.17. The normalized spacial score (nSPS) is 22.2. The summed E-state index contributed by atoms with van der Waals surface area (Å²) in [5, 5.41) is 18.3. The number of pyridine rings is 1. The molecule has 4 heterocycles. The summed E-state index contributed by atoms with van der Waals surface area (Å²) < 4.78 is 1.60. The van der Waals surface area contributed by atoms with Crippen LogP contribution >= 0.6 is 0 Å². The predicted molar refractivity (Wildman–Crippen MR) is 139 cm³/mol. The second kappa shape index (κ2) is 9.19. The molecule has 2 aliphatic rings. The van der Waals surface area contributed by atoms with E-state index in [4.69, 9.17) is 5.73 Å². The van der Waals surface area contributed by atoms with Gasteiger partial charge in [-0.15, -0.1) is 0 Å². The first-order valence-electron chi connectivity index (χ1n) is 12.5. The molecule has 5 rings (SSSR count). The monoisotopic (exact) mass is 503 g/mol. The summed E-state index contributed by atoms with van der Waals surface area (Å²) in [7, 11) is 1.77. The van der Waals surface area contributed by atoms with E-state index in [1.165, 1.54) is 14.9 Å². The number of carbonyl (C=O) groups excluding carboxylic acids is 2. The molecule has 194 valence electrons. The highest BCUT2D eigenvalue weighted by atomic mass is 16.3. The maximum Gasteiger partial charge on any atom is 0.342 e. The van der Waals surface area contributed by atoms with Crippen LogP contribution in [0.2, 0.25) is 0 Å². The number of benzene rings is 1. The predicted octanol–water partition coefficient (Wildman–Crippen LogP) is 3.02. The number of hydrogen-bond acceptors (Lipinski definition) is 6. The van der Waals surface area contributed by atoms with Gasteiger partial charge >= 0.3 is 6.03 Å². The number of rotatable bonds is 6. The van der Waals surface area contributed by atoms with Crippen molar-refractivity contribution in [2.45, 2.75) is 58.8 Å². The number of nitrogens with zero attached hydrogens (tertiary/aromatic N) is 6. The van der Waals surface area contributed by atoms with E-state index in [2.05, 4.69) is 16.1 Å². The summed E-state index contributed by atoms with van der Waals surface area (Å²) in [5.74, 6) is -0.362. The Balaban J connectivity index is 1.55. The Morgan fingerprint density at radius 2 is 1.78 bits per heavy atom. The van der Waals surface area contributed by atoms with Gasteiger partial charge < -0.3 is 10.8 Å². The van der Waals surface area contributed by atoms with Crippen molar-refractivity contribution >= 4 is 23.4 Å². The van der Waals surface area contributed by atoms with Crippen molar-refractivity contribution in [2.75, 3.05) is 10.7 Å². The number of fused-ring (bicyclic) bond motifs is 1. The van der Waals surface area contributed by atoms with Gasteiger partial charge in [0.1, 0.15) is 23.8 Å². The largest absolute Gasteiger partial charge is 0.384 e. The van der Waals surface area contributed by atoms with Crippen molar-refractivity contribution < 1.29 is 14.7 Å². The molecule has 10 nitrogen and oxygen atoms in total. The van der Waals surface area contributed by atoms with E-state index in [0.29, 0.717) is 24.3 Å². The van der Waals surface area contributed by atoms with Crippen molar-refractivity contribution in [3.63, 3.8) is 0 Å². The quantitative estimate of drug-likeness (QED) is 0.533. The smallest absolute Gasteiger partial charge is 0.342 e. The average molecular weight is 504 g/mol. The number of aromatic nitrogens is 3. The van der Waals surface area contributed by atoms with Crippen LogP contribution in [0.15, 0.2) is 42.7 Å². The van der Waals surface area contributed by atoms with Crippen LogP contribution in [0.25, 0.3) is 0 Å². The summed E-state index contributed by atoms with van der Waals surface area (Å²) in [5.41, 5.74) is 11.1. The molecule has 0 radical (unpaired) electrons. The molecule has 2 aliphatic heterocycles. The topological polar surface area (TPSA) is 121 Å². The van der Waals surface area contributed by atoms with Crippen molar-refractivity contribution in [1.82, 2.24) is 24.7 Å². The van der Waals surface area contributed by atoms with Gasteiger partial charge in [-0.2, -0.15) is 5.10 Å². The van der Waals surface area contributed by atoms with E-state index in [-0.39, 0.29) is 5.91 Å². The van der Waals surface area contributed by atoms with E-state index < -0.39 is 30.3 Å². The van der Waals surface area contributed by atoms with Gasteiger partial charge in [-0.1, -0.05) is 36.2 Å². The van der Waals surface area contributed by atoms with Crippen LogP contribution in [0.4, 0.5) is 16.3 Å². The van der Waals surface area contributed by atoms with Crippen LogP contribution in [0.3, 0.4) is 0 Å². The third-order valence-corrected chi connectivity index (χ3v) is 7.22. The molecule has 4 atom stereocenters. The second-order valence-electron chi connectivity index (χ2n) is 10.2. The number of aryl methyl sites for hydroxylation is 4. The van der Waals surface area contributed by atoms with Crippen molar-refractivity contribution in [3.05, 3.63) is 70.7 Å². The number of hydrazine groups is 1. The zero-order chi connectivity index (χ0) is 26.6. The molecule has 2 aromatic heterocycles. The van der Waals surface area contributed by atoms with E-state index in [0.717, 1.165) is 27.9 Å². The number of nitrogen functional groups attached to an aromatic ring is 1. The fourth-order valence-corrected chi connectivity index (χ4v) is 5.78. The maximum absolute atomic E-state index is 14.1. The molecule has 0 spiro atoms. The highest BCUT2D eigenvalue weighted by Crippen LogP contribution is 2.44. The standard InChI is InChI=1S/C27H33N7O3/c1-6-22(19-8-15(2)7-16(3)9-19)34-27(37)32-24(26(36)33(34)20-13-29-31(5)14-20)21(25(32)35)11-18-10-17(4)30-23(28)12-18/h7-10,12-14,21-22,24-25,35H,6,11H2,1-5H3,(H2,28,30)/t21-,22-,24+,25?/m1/s1. The van der Waals surface area contributed by atoms with Crippen LogP contribution in [-0.4, -0.2) is 54.0 Å². The molecule has 1 aromatic carbocycles. The van der Waals surface area contributed by atoms with E-state index in [1.807, 2.05) is 45.9 Å². The van der Waals surface area contributed by atoms with Gasteiger partial charge in [0.15, 0.2) is 0 Å². The molecule has 0 bridgehead atoms. The number of aliphatic hydroxyl groups is 1. The average Bonchev–Trinajstić information content (AvgIpc) is 3.24. The number of urea groups is 1. The minimum atomic E-state index is -1.09. The fourth-order valence-electron chi connectivity index (χ4n) is 5.78. The molecule has 37 heavy (non-hydrogen) atoms. The third-order valence-electron chi connectivity index (χ3n) is 7.22. The Hall–Kier alpha value is -3.92. The zero-order valence-electron chi connectivity index (χ0n) is 21.8. The van der Waals surface area contributed by atoms with Gasteiger partial charge in [-0.25, -0.2) is 19.8 Å². The number of anilines is 2. The van der Waals surface area contributed by atoms with Gasteiger partial charge in [0.2, 0.25) is 0 Å². The highest BCUT2D eigenvalue weighted by Gasteiger charge is 2.61. The van der Waals surface area contributed by atoms with E-state index in [9.17, 15) is 14.7 Å². The molecular weight excluding hydrogens is 470 g/mol. The zero-order valence-corrected chi connectivity index (χ0v) is 21.8.